The number of allylic oxidation sites excluding steroid dienone is 2. The van der Waals surface area contributed by atoms with Crippen molar-refractivity contribution in [2.45, 2.75) is 49.9 Å². The van der Waals surface area contributed by atoms with Crippen molar-refractivity contribution in [3.63, 3.8) is 0 Å². The van der Waals surface area contributed by atoms with E-state index in [0.29, 0.717) is 29.8 Å². The van der Waals surface area contributed by atoms with Crippen LogP contribution < -0.4 is 18.5 Å². The number of sulfonamides is 2. The molecule has 0 saturated heterocycles. The molecule has 0 bridgehead atoms. The summed E-state index contributed by atoms with van der Waals surface area (Å²) in [7, 11) is -12.2. The molecule has 1 aromatic rings. The Bertz CT molecular complexity index is 1080. The van der Waals surface area contributed by atoms with E-state index in [2.05, 4.69) is 0 Å². The normalized spacial score (nSPS) is 17.0. The van der Waals surface area contributed by atoms with Gasteiger partial charge in [-0.3, -0.25) is 0 Å². The van der Waals surface area contributed by atoms with Crippen molar-refractivity contribution in [1.29, 1.82) is 0 Å². The van der Waals surface area contributed by atoms with E-state index in [9.17, 15) is 30.0 Å². The molecule has 2 rings (SSSR count). The van der Waals surface area contributed by atoms with Crippen LogP contribution in [-0.4, -0.2) is 48.6 Å². The summed E-state index contributed by atoms with van der Waals surface area (Å²) in [4.78, 5) is -0.187. The Morgan fingerprint density at radius 1 is 0.912 bits per heavy atom. The van der Waals surface area contributed by atoms with Crippen molar-refractivity contribution >= 4 is 25.7 Å². The highest BCUT2D eigenvalue weighted by molar-refractivity contribution is 8.05. The van der Waals surface area contributed by atoms with Crippen LogP contribution in [0.15, 0.2) is 17.0 Å². The Balaban J connectivity index is 2.79. The minimum Gasteiger partial charge on any atom is -0.489 e. The van der Waals surface area contributed by atoms with Gasteiger partial charge in [-0.1, -0.05) is 16.3 Å². The Labute approximate surface area is 194 Å². The van der Waals surface area contributed by atoms with Crippen molar-refractivity contribution in [2.24, 2.45) is 0 Å². The lowest BCUT2D eigenvalue weighted by atomic mass is 10.2. The van der Waals surface area contributed by atoms with Crippen LogP contribution in [0.5, 0.6) is 11.5 Å². The smallest absolute Gasteiger partial charge is 0.489 e. The van der Waals surface area contributed by atoms with Crippen molar-refractivity contribution in [3.05, 3.63) is 23.8 Å². The van der Waals surface area contributed by atoms with E-state index in [1.165, 1.54) is 18.7 Å². The zero-order valence-corrected chi connectivity index (χ0v) is 20.0. The lowest BCUT2D eigenvalue weighted by molar-refractivity contribution is -0.0441. The average Bonchev–Trinajstić information content (AvgIpc) is 2.84. The molecule has 1 heterocycles. The summed E-state index contributed by atoms with van der Waals surface area (Å²) in [6.07, 6.45) is 6.12. The maximum atomic E-state index is 15.6. The van der Waals surface area contributed by atoms with Crippen LogP contribution in [0.1, 0.15) is 39.5 Å². The molecule has 1 aromatic carbocycles. The van der Waals surface area contributed by atoms with E-state index in [4.69, 9.17) is 9.47 Å². The largest absolute Gasteiger partial charge is 0.512 e. The van der Waals surface area contributed by atoms with E-state index in [1.54, 1.807) is 0 Å². The molecule has 194 valence electrons. The second kappa shape index (κ2) is 11.1. The van der Waals surface area contributed by atoms with Crippen molar-refractivity contribution < 1.29 is 48.3 Å². The SMILES string of the molecule is CCOc1c(F)c(N2CCC/C=C\CCC2)c(F)c(OCC)c1S(=O)(=O)NS(=O)(=O)C(F)(F)F. The monoisotopic (exact) mass is 536 g/mol. The van der Waals surface area contributed by atoms with E-state index in [0.717, 1.165) is 0 Å². The summed E-state index contributed by atoms with van der Waals surface area (Å²) >= 11 is 0. The molecular weight excluding hydrogens is 511 g/mol. The summed E-state index contributed by atoms with van der Waals surface area (Å²) in [6, 6.07) is 0. The number of hydrogen-bond donors (Lipinski definition) is 1. The third-order valence-corrected chi connectivity index (χ3v) is 7.95. The maximum absolute atomic E-state index is 15.6. The van der Waals surface area contributed by atoms with E-state index in [1.807, 2.05) is 12.2 Å². The zero-order valence-electron chi connectivity index (χ0n) is 18.4. The summed E-state index contributed by atoms with van der Waals surface area (Å²) in [5, 5.41) is 0. The molecule has 1 N–H and O–H groups in total. The molecule has 0 aliphatic carbocycles. The molecule has 0 amide bonds. The molecule has 8 nitrogen and oxygen atoms in total. The van der Waals surface area contributed by atoms with E-state index < -0.39 is 59.3 Å². The number of nitrogens with one attached hydrogen (secondary N) is 1. The minimum atomic E-state index is -6.45. The Morgan fingerprint density at radius 3 is 1.74 bits per heavy atom. The molecule has 0 fully saturated rings. The van der Waals surface area contributed by atoms with Crippen molar-refractivity contribution in [3.8, 4) is 11.5 Å². The molecule has 34 heavy (non-hydrogen) atoms. The fourth-order valence-corrected chi connectivity index (χ4v) is 5.94. The number of halogens is 5. The number of benzene rings is 1. The van der Waals surface area contributed by atoms with Gasteiger partial charge in [-0.05, 0) is 39.5 Å². The quantitative estimate of drug-likeness (QED) is 0.398. The number of alkyl halides is 3. The second-order valence-electron chi connectivity index (χ2n) is 7.11. The minimum absolute atomic E-state index is 0.183. The Morgan fingerprint density at radius 2 is 1.35 bits per heavy atom. The third kappa shape index (κ3) is 6.10. The molecule has 0 spiro atoms. The first-order valence-electron chi connectivity index (χ1n) is 10.3. The first-order chi connectivity index (χ1) is 15.8. The predicted molar refractivity (Wildman–Crippen MR) is 114 cm³/mol. The summed E-state index contributed by atoms with van der Waals surface area (Å²) in [5.74, 6) is -5.30. The molecule has 0 aromatic heterocycles. The molecule has 0 unspecified atom stereocenters. The van der Waals surface area contributed by atoms with Crippen LogP contribution >= 0.6 is 0 Å². The summed E-state index contributed by atoms with van der Waals surface area (Å²) in [5.41, 5.74) is -6.68. The molecule has 1 aliphatic rings. The van der Waals surface area contributed by atoms with Gasteiger partial charge in [0.25, 0.3) is 10.0 Å². The van der Waals surface area contributed by atoms with Gasteiger partial charge in [0, 0.05) is 13.1 Å². The molecule has 0 atom stereocenters. The number of hydrogen-bond acceptors (Lipinski definition) is 7. The van der Waals surface area contributed by atoms with Gasteiger partial charge in [-0.15, -0.1) is 0 Å². The van der Waals surface area contributed by atoms with E-state index >= 15 is 8.78 Å². The number of nitrogens with zero attached hydrogens (tertiary/aromatic N) is 1. The summed E-state index contributed by atoms with van der Waals surface area (Å²) in [6.45, 7) is 2.28. The van der Waals surface area contributed by atoms with E-state index in [-0.39, 0.29) is 26.3 Å². The van der Waals surface area contributed by atoms with Gasteiger partial charge in [0.2, 0.25) is 0 Å². The van der Waals surface area contributed by atoms with Crippen molar-refractivity contribution in [2.75, 3.05) is 31.2 Å². The number of ether oxygens (including phenoxy) is 2. The standard InChI is InChI=1S/C19H25F5N2O6S2/c1-3-31-16-13(20)15(26-11-9-7-5-6-8-10-12-26)14(21)17(32-4-2)18(16)33(27,28)25-34(29,30)19(22,23)24/h5-6,25H,3-4,7-12H2,1-2H3/b6-5-. The van der Waals surface area contributed by atoms with Crippen LogP contribution in [0.2, 0.25) is 0 Å². The first-order valence-corrected chi connectivity index (χ1v) is 13.3. The molecule has 0 saturated carbocycles. The number of rotatable bonds is 8. The van der Waals surface area contributed by atoms with Gasteiger partial charge >= 0.3 is 15.5 Å². The van der Waals surface area contributed by atoms with Crippen LogP contribution in [0, 0.1) is 11.6 Å². The third-order valence-electron chi connectivity index (χ3n) is 4.68. The molecule has 15 heteroatoms. The van der Waals surface area contributed by atoms with Crippen LogP contribution in [0.25, 0.3) is 0 Å². The van der Waals surface area contributed by atoms with Gasteiger partial charge in [-0.25, -0.2) is 25.6 Å². The lowest BCUT2D eigenvalue weighted by Crippen LogP contribution is -2.40. The van der Waals surface area contributed by atoms with Crippen LogP contribution in [0.4, 0.5) is 27.6 Å². The van der Waals surface area contributed by atoms with Crippen LogP contribution in [-0.2, 0) is 20.0 Å². The highest BCUT2D eigenvalue weighted by Gasteiger charge is 2.50. The highest BCUT2D eigenvalue weighted by atomic mass is 32.3. The molecule has 1 aliphatic heterocycles. The fraction of sp³-hybridized carbons (Fsp3) is 0.579. The predicted octanol–water partition coefficient (Wildman–Crippen LogP) is 3.83. The zero-order chi connectivity index (χ0) is 25.7. The lowest BCUT2D eigenvalue weighted by Gasteiger charge is -2.28. The maximum Gasteiger partial charge on any atom is 0.512 e. The Kier molecular flexibility index (Phi) is 9.16. The van der Waals surface area contributed by atoms with Gasteiger partial charge in [0.05, 0.1) is 13.2 Å². The average molecular weight is 537 g/mol. The van der Waals surface area contributed by atoms with Gasteiger partial charge in [0.15, 0.2) is 28.0 Å². The van der Waals surface area contributed by atoms with Crippen molar-refractivity contribution in [1.82, 2.24) is 4.13 Å². The fourth-order valence-electron chi connectivity index (χ4n) is 3.29. The topological polar surface area (TPSA) is 102 Å². The van der Waals surface area contributed by atoms with Gasteiger partial charge < -0.3 is 14.4 Å². The number of anilines is 1. The first kappa shape index (κ1) is 28.1. The Hall–Kier alpha value is -2.13. The van der Waals surface area contributed by atoms with Gasteiger partial charge in [-0.2, -0.15) is 13.2 Å². The second-order valence-corrected chi connectivity index (χ2v) is 10.7. The van der Waals surface area contributed by atoms with Crippen LogP contribution in [0.3, 0.4) is 0 Å². The molecule has 0 radical (unpaired) electrons. The summed E-state index contributed by atoms with van der Waals surface area (Å²) < 4.78 is 129. The molecular formula is C19H25F5N2O6S2. The highest BCUT2D eigenvalue weighted by Crippen LogP contribution is 2.45. The van der Waals surface area contributed by atoms with Gasteiger partial charge in [0.1, 0.15) is 5.69 Å².